The highest BCUT2D eigenvalue weighted by Gasteiger charge is 2.45. The maximum atomic E-state index is 13.1. The minimum atomic E-state index is -3.81. The highest BCUT2D eigenvalue weighted by Crippen LogP contribution is 2.28. The number of benzene rings is 1. The fourth-order valence-electron chi connectivity index (χ4n) is 3.32. The van der Waals surface area contributed by atoms with Gasteiger partial charge in [0, 0.05) is 25.7 Å². The fraction of sp³-hybridized carbons (Fsp3) is 0.562. The van der Waals surface area contributed by atoms with Crippen LogP contribution in [0.15, 0.2) is 29.2 Å². The molecule has 0 unspecified atom stereocenters. The van der Waals surface area contributed by atoms with Crippen LogP contribution in [-0.2, 0) is 14.8 Å². The van der Waals surface area contributed by atoms with E-state index in [-0.39, 0.29) is 23.5 Å². The van der Waals surface area contributed by atoms with E-state index in [1.807, 2.05) is 6.92 Å². The van der Waals surface area contributed by atoms with Gasteiger partial charge in [-0.3, -0.25) is 0 Å². The Bertz CT molecular complexity index is 734. The number of hydrogen-bond acceptors (Lipinski definition) is 4. The number of ether oxygens (including phenoxy) is 1. The maximum absolute atomic E-state index is 13.1. The Morgan fingerprint density at radius 3 is 2.36 bits per heavy atom. The molecule has 2 fully saturated rings. The second kappa shape index (κ2) is 6.89. The van der Waals surface area contributed by atoms with E-state index in [0.717, 1.165) is 12.1 Å². The van der Waals surface area contributed by atoms with Crippen LogP contribution in [-0.4, -0.2) is 73.6 Å². The van der Waals surface area contributed by atoms with Crippen LogP contribution < -0.4 is 0 Å². The summed E-state index contributed by atoms with van der Waals surface area (Å²) in [4.78, 5) is 16.1. The lowest BCUT2D eigenvalue weighted by Gasteiger charge is -2.35. The zero-order valence-electron chi connectivity index (χ0n) is 14.3. The number of sulfonamides is 1. The molecular weight excluding hydrogens is 349 g/mol. The summed E-state index contributed by atoms with van der Waals surface area (Å²) in [6.07, 6.45) is -0.611. The van der Waals surface area contributed by atoms with Crippen molar-refractivity contribution in [3.63, 3.8) is 0 Å². The second-order valence-electron chi connectivity index (χ2n) is 6.30. The van der Waals surface area contributed by atoms with Gasteiger partial charge >= 0.3 is 6.03 Å². The second-order valence-corrected chi connectivity index (χ2v) is 8.19. The molecule has 7 nitrogen and oxygen atoms in total. The summed E-state index contributed by atoms with van der Waals surface area (Å²) in [7, 11) is -3.81. The lowest BCUT2D eigenvalue weighted by atomic mass is 10.3. The number of carbonyl (C=O) groups excluding carboxylic acids is 1. The summed E-state index contributed by atoms with van der Waals surface area (Å²) in [5.74, 6) is -0.495. The predicted octanol–water partition coefficient (Wildman–Crippen LogP) is 1.32. The smallest absolute Gasteiger partial charge is 0.321 e. The van der Waals surface area contributed by atoms with Crippen molar-refractivity contribution in [1.82, 2.24) is 14.1 Å². The van der Waals surface area contributed by atoms with Gasteiger partial charge in [0.25, 0.3) is 0 Å². The van der Waals surface area contributed by atoms with Gasteiger partial charge in [0.1, 0.15) is 5.82 Å². The molecule has 25 heavy (non-hydrogen) atoms. The normalized spacial score (nSPS) is 25.4. The summed E-state index contributed by atoms with van der Waals surface area (Å²) in [6.45, 7) is 5.70. The Hall–Kier alpha value is -1.71. The van der Waals surface area contributed by atoms with Gasteiger partial charge in [-0.1, -0.05) is 0 Å². The average Bonchev–Trinajstić information content (AvgIpc) is 2.90. The van der Waals surface area contributed by atoms with Crippen LogP contribution in [0.3, 0.4) is 0 Å². The number of carbonyl (C=O) groups is 1. The molecule has 2 aliphatic heterocycles. The van der Waals surface area contributed by atoms with Gasteiger partial charge in [0.15, 0.2) is 0 Å². The zero-order valence-corrected chi connectivity index (χ0v) is 15.1. The van der Waals surface area contributed by atoms with Crippen molar-refractivity contribution in [2.75, 3.05) is 32.8 Å². The molecule has 1 aromatic carbocycles. The van der Waals surface area contributed by atoms with Crippen LogP contribution in [0, 0.1) is 5.82 Å². The Balaban J connectivity index is 1.82. The van der Waals surface area contributed by atoms with Crippen LogP contribution >= 0.6 is 0 Å². The van der Waals surface area contributed by atoms with E-state index < -0.39 is 22.0 Å². The molecule has 0 spiro atoms. The van der Waals surface area contributed by atoms with E-state index >= 15 is 0 Å². The molecule has 2 amide bonds. The molecule has 0 N–H and O–H groups in total. The van der Waals surface area contributed by atoms with Crippen molar-refractivity contribution in [2.24, 2.45) is 0 Å². The van der Waals surface area contributed by atoms with Crippen LogP contribution in [0.5, 0.6) is 0 Å². The van der Waals surface area contributed by atoms with Gasteiger partial charge in [0.05, 0.1) is 24.3 Å². The van der Waals surface area contributed by atoms with E-state index in [1.165, 1.54) is 16.4 Å². The molecule has 2 saturated heterocycles. The van der Waals surface area contributed by atoms with Crippen molar-refractivity contribution in [3.8, 4) is 0 Å². The molecule has 9 heteroatoms. The van der Waals surface area contributed by atoms with Gasteiger partial charge in [-0.25, -0.2) is 17.6 Å². The SMILES string of the molecule is C[C@@H]1N(C(=O)N2CCOCC2)[C@@H](C)CN1S(=O)(=O)c1ccc(F)cc1. The third kappa shape index (κ3) is 3.36. The molecular formula is C16H22FN3O4S. The molecule has 3 rings (SSSR count). The molecule has 2 aliphatic rings. The summed E-state index contributed by atoms with van der Waals surface area (Å²) in [5, 5.41) is 0. The summed E-state index contributed by atoms with van der Waals surface area (Å²) >= 11 is 0. The third-order valence-electron chi connectivity index (χ3n) is 4.66. The van der Waals surface area contributed by atoms with Gasteiger partial charge in [-0.15, -0.1) is 0 Å². The first kappa shape index (κ1) is 18.1. The van der Waals surface area contributed by atoms with Crippen LogP contribution in [0.2, 0.25) is 0 Å². The first-order chi connectivity index (χ1) is 11.8. The number of morpholine rings is 1. The number of rotatable bonds is 2. The molecule has 0 aromatic heterocycles. The van der Waals surface area contributed by atoms with Crippen LogP contribution in [0.1, 0.15) is 13.8 Å². The van der Waals surface area contributed by atoms with Crippen molar-refractivity contribution < 1.29 is 22.3 Å². The van der Waals surface area contributed by atoms with Crippen molar-refractivity contribution in [1.29, 1.82) is 0 Å². The van der Waals surface area contributed by atoms with Gasteiger partial charge in [-0.05, 0) is 38.1 Å². The molecule has 0 aliphatic carbocycles. The minimum Gasteiger partial charge on any atom is -0.378 e. The summed E-state index contributed by atoms with van der Waals surface area (Å²) < 4.78 is 45.4. The van der Waals surface area contributed by atoms with Gasteiger partial charge in [-0.2, -0.15) is 4.31 Å². The van der Waals surface area contributed by atoms with Crippen LogP contribution in [0.25, 0.3) is 0 Å². The first-order valence-corrected chi connectivity index (χ1v) is 9.69. The monoisotopic (exact) mass is 371 g/mol. The van der Waals surface area contributed by atoms with E-state index in [2.05, 4.69) is 0 Å². The van der Waals surface area contributed by atoms with Crippen LogP contribution in [0.4, 0.5) is 9.18 Å². The third-order valence-corrected chi connectivity index (χ3v) is 6.60. The Labute approximate surface area is 147 Å². The minimum absolute atomic E-state index is 0.0219. The Kier molecular flexibility index (Phi) is 4.99. The van der Waals surface area contributed by atoms with E-state index in [1.54, 1.807) is 16.7 Å². The van der Waals surface area contributed by atoms with Gasteiger partial charge in [0.2, 0.25) is 10.0 Å². The molecule has 2 atom stereocenters. The van der Waals surface area contributed by atoms with E-state index in [0.29, 0.717) is 26.3 Å². The number of halogens is 1. The molecule has 2 heterocycles. The number of amides is 2. The van der Waals surface area contributed by atoms with Crippen molar-refractivity contribution >= 4 is 16.1 Å². The standard InChI is InChI=1S/C16H22FN3O4S/c1-12-11-19(25(22,23)15-5-3-14(17)4-6-15)13(2)20(12)16(21)18-7-9-24-10-8-18/h3-6,12-13H,7-11H2,1-2H3/t12-,13-/m0/s1. The zero-order chi connectivity index (χ0) is 18.2. The summed E-state index contributed by atoms with van der Waals surface area (Å²) in [5.41, 5.74) is 0. The number of urea groups is 1. The number of hydrogen-bond donors (Lipinski definition) is 0. The van der Waals surface area contributed by atoms with Gasteiger partial charge < -0.3 is 14.5 Å². The largest absolute Gasteiger partial charge is 0.378 e. The molecule has 1 aromatic rings. The fourth-order valence-corrected chi connectivity index (χ4v) is 4.98. The maximum Gasteiger partial charge on any atom is 0.321 e. The topological polar surface area (TPSA) is 70.2 Å². The highest BCUT2D eigenvalue weighted by molar-refractivity contribution is 7.89. The lowest BCUT2D eigenvalue weighted by molar-refractivity contribution is 0.0382. The quantitative estimate of drug-likeness (QED) is 0.786. The van der Waals surface area contributed by atoms with Crippen molar-refractivity contribution in [2.45, 2.75) is 31.0 Å². The van der Waals surface area contributed by atoms with E-state index in [9.17, 15) is 17.6 Å². The lowest BCUT2D eigenvalue weighted by Crippen LogP contribution is -2.52. The number of nitrogens with zero attached hydrogens (tertiary/aromatic N) is 3. The average molecular weight is 371 g/mol. The van der Waals surface area contributed by atoms with Crippen molar-refractivity contribution in [3.05, 3.63) is 30.1 Å². The Morgan fingerprint density at radius 2 is 1.76 bits per heavy atom. The van der Waals surface area contributed by atoms with E-state index in [4.69, 9.17) is 4.74 Å². The Morgan fingerprint density at radius 1 is 1.16 bits per heavy atom. The highest BCUT2D eigenvalue weighted by atomic mass is 32.2. The molecule has 0 bridgehead atoms. The predicted molar refractivity (Wildman–Crippen MR) is 88.8 cm³/mol. The first-order valence-electron chi connectivity index (χ1n) is 8.25. The molecule has 0 radical (unpaired) electrons. The molecule has 0 saturated carbocycles. The molecule has 138 valence electrons. The summed E-state index contributed by atoms with van der Waals surface area (Å²) in [6, 6.07) is 4.30.